The van der Waals surface area contributed by atoms with Crippen LogP contribution in [-0.4, -0.2) is 0 Å². The number of nitrogen functional groups attached to an aromatic ring is 1. The number of nitrogens with zero attached hydrogens (tertiary/aromatic N) is 1. The molecule has 0 aliphatic rings. The van der Waals surface area contributed by atoms with E-state index < -0.39 is 17.8 Å². The average Bonchev–Trinajstić information content (AvgIpc) is 2.47. The van der Waals surface area contributed by atoms with Gasteiger partial charge in [0.05, 0.1) is 21.8 Å². The zero-order chi connectivity index (χ0) is 15.6. The number of ether oxygens (including phenoxy) is 1. The Morgan fingerprint density at radius 3 is 2.57 bits per heavy atom. The lowest BCUT2D eigenvalue weighted by molar-refractivity contribution is 0.151. The number of alkyl halides is 2. The Bertz CT molecular complexity index is 729. The van der Waals surface area contributed by atoms with Crippen molar-refractivity contribution in [1.29, 1.82) is 5.26 Å². The molecule has 2 N–H and O–H groups in total. The molecule has 2 aromatic rings. The predicted octanol–water partition coefficient (Wildman–Crippen LogP) is 4.77. The Morgan fingerprint density at radius 2 is 1.95 bits per heavy atom. The third-order valence-electron chi connectivity index (χ3n) is 2.61. The van der Waals surface area contributed by atoms with Crippen molar-refractivity contribution in [1.82, 2.24) is 0 Å². The van der Waals surface area contributed by atoms with Crippen molar-refractivity contribution < 1.29 is 17.9 Å². The highest BCUT2D eigenvalue weighted by molar-refractivity contribution is 9.10. The van der Waals surface area contributed by atoms with E-state index in [9.17, 15) is 13.2 Å². The average molecular weight is 357 g/mol. The SMILES string of the molecule is N#Cc1cc(Oc2c(N)ccc(Br)c2F)cc(C(F)F)c1. The highest BCUT2D eigenvalue weighted by atomic mass is 79.9. The van der Waals surface area contributed by atoms with Gasteiger partial charge in [-0.05, 0) is 46.3 Å². The van der Waals surface area contributed by atoms with Crippen molar-refractivity contribution in [3.8, 4) is 17.6 Å². The van der Waals surface area contributed by atoms with E-state index in [1.54, 1.807) is 6.07 Å². The number of benzene rings is 2. The minimum absolute atomic E-state index is 0.0108. The zero-order valence-corrected chi connectivity index (χ0v) is 12.0. The molecule has 0 radical (unpaired) electrons. The molecule has 0 saturated carbocycles. The number of anilines is 1. The molecule has 0 atom stereocenters. The number of nitriles is 1. The van der Waals surface area contributed by atoms with Crippen molar-refractivity contribution in [3.05, 3.63) is 51.7 Å². The third kappa shape index (κ3) is 3.28. The molecule has 7 heteroatoms. The van der Waals surface area contributed by atoms with Crippen LogP contribution in [0.5, 0.6) is 11.5 Å². The summed E-state index contributed by atoms with van der Waals surface area (Å²) in [6.45, 7) is 0. The van der Waals surface area contributed by atoms with Gasteiger partial charge in [0.2, 0.25) is 0 Å². The molecular weight excluding hydrogens is 349 g/mol. The fraction of sp³-hybridized carbons (Fsp3) is 0.0714. The lowest BCUT2D eigenvalue weighted by Crippen LogP contribution is -1.97. The fourth-order valence-corrected chi connectivity index (χ4v) is 1.95. The van der Waals surface area contributed by atoms with Gasteiger partial charge in [-0.3, -0.25) is 0 Å². The van der Waals surface area contributed by atoms with Gasteiger partial charge >= 0.3 is 0 Å². The van der Waals surface area contributed by atoms with E-state index in [1.807, 2.05) is 0 Å². The monoisotopic (exact) mass is 356 g/mol. The van der Waals surface area contributed by atoms with E-state index in [-0.39, 0.29) is 27.2 Å². The normalized spacial score (nSPS) is 10.5. The minimum atomic E-state index is -2.77. The standard InChI is InChI=1S/C14H8BrF3N2O/c15-10-1-2-11(20)13(12(10)16)21-9-4-7(6-19)3-8(5-9)14(17)18/h1-5,14H,20H2. The van der Waals surface area contributed by atoms with Crippen LogP contribution in [0, 0.1) is 17.1 Å². The van der Waals surface area contributed by atoms with Gasteiger partial charge in [0.1, 0.15) is 5.75 Å². The van der Waals surface area contributed by atoms with Crippen LogP contribution in [0.3, 0.4) is 0 Å². The fourth-order valence-electron chi connectivity index (χ4n) is 1.64. The maximum Gasteiger partial charge on any atom is 0.264 e. The van der Waals surface area contributed by atoms with Gasteiger partial charge < -0.3 is 10.5 Å². The Morgan fingerprint density at radius 1 is 1.24 bits per heavy atom. The summed E-state index contributed by atoms with van der Waals surface area (Å²) in [5.74, 6) is -1.14. The highest BCUT2D eigenvalue weighted by Gasteiger charge is 2.15. The minimum Gasteiger partial charge on any atom is -0.452 e. The molecule has 3 nitrogen and oxygen atoms in total. The van der Waals surface area contributed by atoms with Crippen LogP contribution in [0.2, 0.25) is 0 Å². The molecule has 0 heterocycles. The lowest BCUT2D eigenvalue weighted by Gasteiger charge is -2.12. The van der Waals surface area contributed by atoms with Gasteiger partial charge in [0.25, 0.3) is 6.43 Å². The molecule has 0 aliphatic carbocycles. The van der Waals surface area contributed by atoms with Crippen LogP contribution in [-0.2, 0) is 0 Å². The van der Waals surface area contributed by atoms with Crippen molar-refractivity contribution in [2.24, 2.45) is 0 Å². The summed E-state index contributed by atoms with van der Waals surface area (Å²) in [5.41, 5.74) is 5.21. The van der Waals surface area contributed by atoms with Crippen LogP contribution in [0.15, 0.2) is 34.8 Å². The first-order chi connectivity index (χ1) is 9.92. The van der Waals surface area contributed by atoms with E-state index in [0.717, 1.165) is 12.1 Å². The number of hydrogen-bond donors (Lipinski definition) is 1. The molecule has 0 bridgehead atoms. The maximum absolute atomic E-state index is 13.9. The van der Waals surface area contributed by atoms with E-state index >= 15 is 0 Å². The quantitative estimate of drug-likeness (QED) is 0.805. The second-order valence-corrected chi connectivity index (χ2v) is 4.94. The summed E-state index contributed by atoms with van der Waals surface area (Å²) in [4.78, 5) is 0. The lowest BCUT2D eigenvalue weighted by atomic mass is 10.1. The summed E-state index contributed by atoms with van der Waals surface area (Å²) in [6, 6.07) is 7.85. The third-order valence-corrected chi connectivity index (χ3v) is 3.22. The van der Waals surface area contributed by atoms with Crippen LogP contribution >= 0.6 is 15.9 Å². The Labute approximate surface area is 126 Å². The van der Waals surface area contributed by atoms with Gasteiger partial charge in [0, 0.05) is 5.56 Å². The maximum atomic E-state index is 13.9. The van der Waals surface area contributed by atoms with Crippen molar-refractivity contribution in [2.75, 3.05) is 5.73 Å². The van der Waals surface area contributed by atoms with E-state index in [4.69, 9.17) is 15.7 Å². The first-order valence-corrected chi connectivity index (χ1v) is 6.46. The van der Waals surface area contributed by atoms with Crippen molar-refractivity contribution >= 4 is 21.6 Å². The second kappa shape index (κ2) is 6.06. The molecule has 0 spiro atoms. The van der Waals surface area contributed by atoms with Gasteiger partial charge in [-0.15, -0.1) is 0 Å². The number of rotatable bonds is 3. The molecule has 0 saturated heterocycles. The summed E-state index contributed by atoms with van der Waals surface area (Å²) in [5, 5.41) is 8.83. The molecule has 0 unspecified atom stereocenters. The van der Waals surface area contributed by atoms with Gasteiger partial charge in [-0.2, -0.15) is 5.26 Å². The summed E-state index contributed by atoms with van der Waals surface area (Å²) >= 11 is 2.98. The smallest absolute Gasteiger partial charge is 0.264 e. The molecule has 0 aromatic heterocycles. The second-order valence-electron chi connectivity index (χ2n) is 4.09. The van der Waals surface area contributed by atoms with Crippen LogP contribution in [0.4, 0.5) is 18.9 Å². The van der Waals surface area contributed by atoms with E-state index in [1.165, 1.54) is 18.2 Å². The molecule has 108 valence electrons. The van der Waals surface area contributed by atoms with Crippen LogP contribution < -0.4 is 10.5 Å². The first kappa shape index (κ1) is 15.2. The van der Waals surface area contributed by atoms with Gasteiger partial charge in [0.15, 0.2) is 11.6 Å². The number of nitrogens with two attached hydrogens (primary N) is 1. The van der Waals surface area contributed by atoms with Crippen molar-refractivity contribution in [3.63, 3.8) is 0 Å². The first-order valence-electron chi connectivity index (χ1n) is 5.67. The molecule has 2 rings (SSSR count). The van der Waals surface area contributed by atoms with Crippen molar-refractivity contribution in [2.45, 2.75) is 6.43 Å². The Balaban J connectivity index is 2.47. The summed E-state index contributed by atoms with van der Waals surface area (Å²) < 4.78 is 44.8. The molecule has 21 heavy (non-hydrogen) atoms. The largest absolute Gasteiger partial charge is 0.452 e. The van der Waals surface area contributed by atoms with Crippen LogP contribution in [0.1, 0.15) is 17.6 Å². The zero-order valence-electron chi connectivity index (χ0n) is 10.4. The van der Waals surface area contributed by atoms with E-state index in [0.29, 0.717) is 0 Å². The van der Waals surface area contributed by atoms with Gasteiger partial charge in [-0.1, -0.05) is 0 Å². The topological polar surface area (TPSA) is 59.0 Å². The Hall–Kier alpha value is -2.20. The molecular formula is C14H8BrF3N2O. The highest BCUT2D eigenvalue weighted by Crippen LogP contribution is 2.36. The molecule has 2 aromatic carbocycles. The predicted molar refractivity (Wildman–Crippen MR) is 74.7 cm³/mol. The summed E-state index contributed by atoms with van der Waals surface area (Å²) in [6.07, 6.45) is -2.77. The number of hydrogen-bond acceptors (Lipinski definition) is 3. The van der Waals surface area contributed by atoms with Gasteiger partial charge in [-0.25, -0.2) is 13.2 Å². The van der Waals surface area contributed by atoms with Crippen LogP contribution in [0.25, 0.3) is 0 Å². The molecule has 0 fully saturated rings. The number of halogens is 4. The molecule has 0 aliphatic heterocycles. The molecule has 0 amide bonds. The summed E-state index contributed by atoms with van der Waals surface area (Å²) in [7, 11) is 0. The Kier molecular flexibility index (Phi) is 4.38. The van der Waals surface area contributed by atoms with E-state index in [2.05, 4.69) is 15.9 Å².